The maximum absolute atomic E-state index is 13.3. The lowest BCUT2D eigenvalue weighted by Crippen LogP contribution is -1.97. The third kappa shape index (κ3) is 1.93. The Morgan fingerprint density at radius 2 is 1.65 bits per heavy atom. The predicted octanol–water partition coefficient (Wildman–Crippen LogP) is 3.81. The van der Waals surface area contributed by atoms with Gasteiger partial charge in [-0.2, -0.15) is 0 Å². The van der Waals surface area contributed by atoms with Gasteiger partial charge in [0.2, 0.25) is 0 Å². The van der Waals surface area contributed by atoms with Gasteiger partial charge in [0.1, 0.15) is 11.6 Å². The Labute approximate surface area is 112 Å². The minimum Gasteiger partial charge on any atom is -0.478 e. The van der Waals surface area contributed by atoms with Crippen molar-refractivity contribution in [3.8, 4) is 11.3 Å². The van der Waals surface area contributed by atoms with Crippen LogP contribution in [0.15, 0.2) is 42.5 Å². The molecule has 3 aromatic rings. The molecule has 1 aromatic heterocycles. The number of aromatic amines is 1. The number of aromatic nitrogens is 1. The molecule has 3 nitrogen and oxygen atoms in total. The first-order chi connectivity index (χ1) is 9.56. The third-order valence-corrected chi connectivity index (χ3v) is 3.11. The summed E-state index contributed by atoms with van der Waals surface area (Å²) in [6.45, 7) is 0. The molecule has 2 N–H and O–H groups in total. The van der Waals surface area contributed by atoms with E-state index in [2.05, 4.69) is 4.98 Å². The van der Waals surface area contributed by atoms with Gasteiger partial charge in [-0.25, -0.2) is 13.6 Å². The Morgan fingerprint density at radius 1 is 1.00 bits per heavy atom. The maximum atomic E-state index is 13.3. The molecule has 1 heterocycles. The Bertz CT molecular complexity index is 807. The normalized spacial score (nSPS) is 10.9. The molecule has 0 saturated carbocycles. The number of hydrogen-bond acceptors (Lipinski definition) is 1. The number of H-pyrrole nitrogens is 1. The van der Waals surface area contributed by atoms with Crippen LogP contribution in [-0.2, 0) is 0 Å². The van der Waals surface area contributed by atoms with Gasteiger partial charge in [-0.05, 0) is 48.0 Å². The first-order valence-corrected chi connectivity index (χ1v) is 5.87. The number of aromatic carboxylic acids is 1. The van der Waals surface area contributed by atoms with Crippen LogP contribution in [0.2, 0.25) is 0 Å². The standard InChI is InChI=1S/C15H9F2NO2/c16-9-3-1-8(2-4-9)14-13(15(19)20)11-7-10(17)5-6-12(11)18-14/h1-7,18H,(H,19,20). The zero-order chi connectivity index (χ0) is 14.3. The summed E-state index contributed by atoms with van der Waals surface area (Å²) in [5.74, 6) is -2.08. The topological polar surface area (TPSA) is 53.1 Å². The van der Waals surface area contributed by atoms with Crippen LogP contribution in [0.1, 0.15) is 10.4 Å². The van der Waals surface area contributed by atoms with Gasteiger partial charge in [-0.1, -0.05) is 0 Å². The average molecular weight is 273 g/mol. The van der Waals surface area contributed by atoms with Gasteiger partial charge in [0.15, 0.2) is 0 Å². The molecule has 0 amide bonds. The molecule has 2 aromatic carbocycles. The summed E-state index contributed by atoms with van der Waals surface area (Å²) in [6, 6.07) is 9.33. The van der Waals surface area contributed by atoms with Crippen LogP contribution in [0.5, 0.6) is 0 Å². The van der Waals surface area contributed by atoms with Crippen LogP contribution >= 0.6 is 0 Å². The highest BCUT2D eigenvalue weighted by atomic mass is 19.1. The van der Waals surface area contributed by atoms with Gasteiger partial charge in [0, 0.05) is 10.9 Å². The van der Waals surface area contributed by atoms with Crippen LogP contribution in [-0.4, -0.2) is 16.1 Å². The molecule has 0 radical (unpaired) electrons. The number of hydrogen-bond donors (Lipinski definition) is 2. The Hall–Kier alpha value is -2.69. The van der Waals surface area contributed by atoms with Crippen LogP contribution in [0.3, 0.4) is 0 Å². The summed E-state index contributed by atoms with van der Waals surface area (Å²) in [5.41, 5.74) is 1.35. The summed E-state index contributed by atoms with van der Waals surface area (Å²) in [4.78, 5) is 14.4. The second kappa shape index (κ2) is 4.45. The molecule has 3 rings (SSSR count). The average Bonchev–Trinajstić information content (AvgIpc) is 2.78. The number of carboxylic acid groups (broad SMARTS) is 1. The second-order valence-electron chi connectivity index (χ2n) is 4.38. The number of nitrogens with one attached hydrogen (secondary N) is 1. The largest absolute Gasteiger partial charge is 0.478 e. The zero-order valence-corrected chi connectivity index (χ0v) is 10.2. The Kier molecular flexibility index (Phi) is 2.75. The molecular weight excluding hydrogens is 264 g/mol. The van der Waals surface area contributed by atoms with Crippen molar-refractivity contribution in [3.05, 3.63) is 59.7 Å². The fourth-order valence-corrected chi connectivity index (χ4v) is 2.22. The molecule has 0 aliphatic heterocycles. The minimum atomic E-state index is -1.17. The highest BCUT2D eigenvalue weighted by molar-refractivity contribution is 6.09. The van der Waals surface area contributed by atoms with Gasteiger partial charge in [-0.15, -0.1) is 0 Å². The van der Waals surface area contributed by atoms with Crippen molar-refractivity contribution in [1.82, 2.24) is 4.98 Å². The second-order valence-corrected chi connectivity index (χ2v) is 4.38. The number of halogens is 2. The first-order valence-electron chi connectivity index (χ1n) is 5.87. The van der Waals surface area contributed by atoms with Crippen LogP contribution < -0.4 is 0 Å². The lowest BCUT2D eigenvalue weighted by molar-refractivity contribution is 0.0700. The highest BCUT2D eigenvalue weighted by Crippen LogP contribution is 2.30. The number of fused-ring (bicyclic) bond motifs is 1. The highest BCUT2D eigenvalue weighted by Gasteiger charge is 2.19. The fraction of sp³-hybridized carbons (Fsp3) is 0. The van der Waals surface area contributed by atoms with E-state index in [0.29, 0.717) is 16.8 Å². The van der Waals surface area contributed by atoms with E-state index in [1.54, 1.807) is 0 Å². The quantitative estimate of drug-likeness (QED) is 0.746. The van der Waals surface area contributed by atoms with Gasteiger partial charge < -0.3 is 10.1 Å². The van der Waals surface area contributed by atoms with Crippen molar-refractivity contribution in [3.63, 3.8) is 0 Å². The molecule has 5 heteroatoms. The Balaban J connectivity index is 2.32. The van der Waals surface area contributed by atoms with E-state index in [-0.39, 0.29) is 10.9 Å². The lowest BCUT2D eigenvalue weighted by Gasteiger charge is -2.01. The number of rotatable bonds is 2. The van der Waals surface area contributed by atoms with Crippen molar-refractivity contribution >= 4 is 16.9 Å². The Morgan fingerprint density at radius 3 is 2.30 bits per heavy atom. The first kappa shape index (κ1) is 12.3. The van der Waals surface area contributed by atoms with Crippen molar-refractivity contribution in [2.75, 3.05) is 0 Å². The molecule has 0 atom stereocenters. The van der Waals surface area contributed by atoms with E-state index in [1.807, 2.05) is 0 Å². The minimum absolute atomic E-state index is 0.0221. The van der Waals surface area contributed by atoms with Crippen molar-refractivity contribution in [1.29, 1.82) is 0 Å². The zero-order valence-electron chi connectivity index (χ0n) is 10.2. The van der Waals surface area contributed by atoms with E-state index < -0.39 is 17.6 Å². The summed E-state index contributed by atoms with van der Waals surface area (Å²) in [6.07, 6.45) is 0. The van der Waals surface area contributed by atoms with Gasteiger partial charge >= 0.3 is 5.97 Å². The number of carbonyl (C=O) groups is 1. The van der Waals surface area contributed by atoms with Crippen molar-refractivity contribution < 1.29 is 18.7 Å². The van der Waals surface area contributed by atoms with Crippen molar-refractivity contribution in [2.45, 2.75) is 0 Å². The van der Waals surface area contributed by atoms with E-state index in [0.717, 1.165) is 0 Å². The molecule has 100 valence electrons. The fourth-order valence-electron chi connectivity index (χ4n) is 2.22. The molecule has 0 saturated heterocycles. The summed E-state index contributed by atoms with van der Waals surface area (Å²) in [5, 5.41) is 9.63. The lowest BCUT2D eigenvalue weighted by atomic mass is 10.1. The maximum Gasteiger partial charge on any atom is 0.338 e. The van der Waals surface area contributed by atoms with Crippen molar-refractivity contribution in [2.24, 2.45) is 0 Å². The molecule has 0 bridgehead atoms. The van der Waals surface area contributed by atoms with Crippen LogP contribution in [0, 0.1) is 11.6 Å². The van der Waals surface area contributed by atoms with E-state index in [9.17, 15) is 18.7 Å². The molecule has 0 fully saturated rings. The third-order valence-electron chi connectivity index (χ3n) is 3.11. The van der Waals surface area contributed by atoms with Gasteiger partial charge in [0.25, 0.3) is 0 Å². The van der Waals surface area contributed by atoms with E-state index in [4.69, 9.17) is 0 Å². The molecule has 0 aliphatic carbocycles. The molecular formula is C15H9F2NO2. The summed E-state index contributed by atoms with van der Waals surface area (Å²) >= 11 is 0. The molecule has 0 unspecified atom stereocenters. The predicted molar refractivity (Wildman–Crippen MR) is 70.6 cm³/mol. The SMILES string of the molecule is O=C(O)c1c(-c2ccc(F)cc2)[nH]c2ccc(F)cc12. The summed E-state index contributed by atoms with van der Waals surface area (Å²) in [7, 11) is 0. The van der Waals surface area contributed by atoms with E-state index in [1.165, 1.54) is 42.5 Å². The molecule has 20 heavy (non-hydrogen) atoms. The number of benzene rings is 2. The smallest absolute Gasteiger partial charge is 0.338 e. The van der Waals surface area contributed by atoms with Crippen LogP contribution in [0.25, 0.3) is 22.2 Å². The summed E-state index contributed by atoms with van der Waals surface area (Å²) < 4.78 is 26.2. The monoisotopic (exact) mass is 273 g/mol. The van der Waals surface area contributed by atoms with Crippen LogP contribution in [0.4, 0.5) is 8.78 Å². The number of carboxylic acids is 1. The van der Waals surface area contributed by atoms with E-state index >= 15 is 0 Å². The molecule has 0 spiro atoms. The van der Waals surface area contributed by atoms with Gasteiger partial charge in [0.05, 0.1) is 11.3 Å². The molecule has 0 aliphatic rings. The van der Waals surface area contributed by atoms with Gasteiger partial charge in [-0.3, -0.25) is 0 Å².